The van der Waals surface area contributed by atoms with Crippen molar-refractivity contribution in [1.29, 1.82) is 0 Å². The Kier molecular flexibility index (Phi) is 4.58. The van der Waals surface area contributed by atoms with E-state index in [4.69, 9.17) is 11.6 Å². The number of hydrogen-bond donors (Lipinski definition) is 1. The Labute approximate surface area is 117 Å². The molecule has 2 aromatic carbocycles. The van der Waals surface area contributed by atoms with Crippen LogP contribution < -0.4 is 0 Å². The third-order valence-electron chi connectivity index (χ3n) is 3.10. The van der Waals surface area contributed by atoms with Gasteiger partial charge in [0.2, 0.25) is 0 Å². The Hall–Kier alpha value is -1.80. The quantitative estimate of drug-likeness (QED) is 0.900. The van der Waals surface area contributed by atoms with Crippen molar-refractivity contribution in [1.82, 2.24) is 0 Å². The molecule has 0 spiro atoms. The van der Waals surface area contributed by atoms with Gasteiger partial charge in [0.05, 0.1) is 5.92 Å². The molecule has 0 fully saturated rings. The molecule has 98 valence electrons. The van der Waals surface area contributed by atoms with E-state index in [-0.39, 0.29) is 0 Å². The summed E-state index contributed by atoms with van der Waals surface area (Å²) < 4.78 is 0. The summed E-state index contributed by atoms with van der Waals surface area (Å²) in [4.78, 5) is 11.4. The van der Waals surface area contributed by atoms with Gasteiger partial charge in [0.1, 0.15) is 0 Å². The molecule has 0 bridgehead atoms. The molecule has 2 aromatic rings. The van der Waals surface area contributed by atoms with Gasteiger partial charge in [-0.2, -0.15) is 0 Å². The fourth-order valence-electron chi connectivity index (χ4n) is 2.07. The van der Waals surface area contributed by atoms with E-state index in [9.17, 15) is 9.90 Å². The maximum absolute atomic E-state index is 11.4. The van der Waals surface area contributed by atoms with Crippen molar-refractivity contribution >= 4 is 17.6 Å². The van der Waals surface area contributed by atoms with E-state index in [2.05, 4.69) is 0 Å². The summed E-state index contributed by atoms with van der Waals surface area (Å²) in [5, 5.41) is 9.97. The third kappa shape index (κ3) is 3.83. The van der Waals surface area contributed by atoms with E-state index in [1.165, 1.54) is 0 Å². The molecule has 0 amide bonds. The zero-order chi connectivity index (χ0) is 13.7. The number of benzene rings is 2. The van der Waals surface area contributed by atoms with E-state index in [1.807, 2.05) is 48.5 Å². The molecule has 0 aromatic heterocycles. The SMILES string of the molecule is O=C(O)C(Cc1ccccc1)Cc1ccccc1Cl. The second-order valence-electron chi connectivity index (χ2n) is 4.52. The minimum absolute atomic E-state index is 0.448. The molecular formula is C16H15ClO2. The molecule has 0 heterocycles. The maximum Gasteiger partial charge on any atom is 0.307 e. The van der Waals surface area contributed by atoms with E-state index in [0.29, 0.717) is 17.9 Å². The Morgan fingerprint density at radius 3 is 2.26 bits per heavy atom. The molecule has 1 N–H and O–H groups in total. The number of aliphatic carboxylic acids is 1. The first-order valence-electron chi connectivity index (χ1n) is 6.17. The summed E-state index contributed by atoms with van der Waals surface area (Å²) in [5.41, 5.74) is 1.91. The number of hydrogen-bond acceptors (Lipinski definition) is 1. The molecule has 2 nitrogen and oxygen atoms in total. The van der Waals surface area contributed by atoms with Crippen LogP contribution in [0, 0.1) is 5.92 Å². The van der Waals surface area contributed by atoms with Crippen molar-refractivity contribution < 1.29 is 9.90 Å². The number of rotatable bonds is 5. The first kappa shape index (κ1) is 13.6. The van der Waals surface area contributed by atoms with Gasteiger partial charge in [-0.3, -0.25) is 4.79 Å². The molecule has 0 radical (unpaired) electrons. The summed E-state index contributed by atoms with van der Waals surface area (Å²) >= 11 is 6.08. The van der Waals surface area contributed by atoms with Crippen molar-refractivity contribution in [2.45, 2.75) is 12.8 Å². The van der Waals surface area contributed by atoms with Gasteiger partial charge < -0.3 is 5.11 Å². The molecular weight excluding hydrogens is 260 g/mol. The highest BCUT2D eigenvalue weighted by molar-refractivity contribution is 6.31. The fourth-order valence-corrected chi connectivity index (χ4v) is 2.29. The van der Waals surface area contributed by atoms with Gasteiger partial charge in [0.25, 0.3) is 0 Å². The number of carboxylic acid groups (broad SMARTS) is 1. The van der Waals surface area contributed by atoms with Gasteiger partial charge in [-0.25, -0.2) is 0 Å². The molecule has 19 heavy (non-hydrogen) atoms. The molecule has 0 aliphatic heterocycles. The lowest BCUT2D eigenvalue weighted by Gasteiger charge is -2.13. The second-order valence-corrected chi connectivity index (χ2v) is 4.93. The van der Waals surface area contributed by atoms with Gasteiger partial charge in [0, 0.05) is 5.02 Å². The third-order valence-corrected chi connectivity index (χ3v) is 3.47. The lowest BCUT2D eigenvalue weighted by atomic mass is 9.92. The van der Waals surface area contributed by atoms with E-state index in [0.717, 1.165) is 11.1 Å². The zero-order valence-electron chi connectivity index (χ0n) is 10.4. The molecule has 0 saturated carbocycles. The molecule has 0 aliphatic rings. The Bertz CT molecular complexity index is 552. The van der Waals surface area contributed by atoms with Gasteiger partial charge >= 0.3 is 5.97 Å². The minimum atomic E-state index is -0.788. The van der Waals surface area contributed by atoms with Crippen molar-refractivity contribution in [3.05, 3.63) is 70.7 Å². The smallest absolute Gasteiger partial charge is 0.307 e. The van der Waals surface area contributed by atoms with Crippen molar-refractivity contribution in [3.8, 4) is 0 Å². The van der Waals surface area contributed by atoms with E-state index >= 15 is 0 Å². The topological polar surface area (TPSA) is 37.3 Å². The maximum atomic E-state index is 11.4. The van der Waals surface area contributed by atoms with Gasteiger partial charge in [-0.05, 0) is 30.0 Å². The van der Waals surface area contributed by atoms with Crippen LogP contribution >= 0.6 is 11.6 Å². The molecule has 3 heteroatoms. The van der Waals surface area contributed by atoms with Crippen LogP contribution in [0.3, 0.4) is 0 Å². The van der Waals surface area contributed by atoms with Gasteiger partial charge in [-0.15, -0.1) is 0 Å². The van der Waals surface area contributed by atoms with Gasteiger partial charge in [0.15, 0.2) is 0 Å². The highest BCUT2D eigenvalue weighted by Crippen LogP contribution is 2.21. The molecule has 1 unspecified atom stereocenters. The standard InChI is InChI=1S/C16H15ClO2/c17-15-9-5-4-8-13(15)11-14(16(18)19)10-12-6-2-1-3-7-12/h1-9,14H,10-11H2,(H,18,19). The lowest BCUT2D eigenvalue weighted by Crippen LogP contribution is -2.19. The largest absolute Gasteiger partial charge is 0.481 e. The van der Waals surface area contributed by atoms with Crippen molar-refractivity contribution in [3.63, 3.8) is 0 Å². The molecule has 0 saturated heterocycles. The highest BCUT2D eigenvalue weighted by Gasteiger charge is 2.19. The van der Waals surface area contributed by atoms with Crippen LogP contribution in [-0.2, 0) is 17.6 Å². The highest BCUT2D eigenvalue weighted by atomic mass is 35.5. The Morgan fingerprint density at radius 1 is 1.00 bits per heavy atom. The van der Waals surface area contributed by atoms with Crippen LogP contribution in [0.1, 0.15) is 11.1 Å². The first-order valence-corrected chi connectivity index (χ1v) is 6.54. The van der Waals surface area contributed by atoms with Crippen LogP contribution in [0.15, 0.2) is 54.6 Å². The molecule has 2 rings (SSSR count). The predicted octanol–water partition coefficient (Wildman–Crippen LogP) is 3.83. The second kappa shape index (κ2) is 6.39. The van der Waals surface area contributed by atoms with Crippen LogP contribution in [0.25, 0.3) is 0 Å². The average Bonchev–Trinajstić information content (AvgIpc) is 2.41. The van der Waals surface area contributed by atoms with Crippen LogP contribution in [0.2, 0.25) is 5.02 Å². The van der Waals surface area contributed by atoms with Crippen LogP contribution in [0.5, 0.6) is 0 Å². The number of carbonyl (C=O) groups is 1. The fraction of sp³-hybridized carbons (Fsp3) is 0.188. The zero-order valence-corrected chi connectivity index (χ0v) is 11.2. The van der Waals surface area contributed by atoms with E-state index in [1.54, 1.807) is 6.07 Å². The average molecular weight is 275 g/mol. The Balaban J connectivity index is 2.13. The summed E-state index contributed by atoms with van der Waals surface area (Å²) in [6.45, 7) is 0. The monoisotopic (exact) mass is 274 g/mol. The summed E-state index contributed by atoms with van der Waals surface area (Å²) in [5.74, 6) is -1.24. The number of halogens is 1. The summed E-state index contributed by atoms with van der Waals surface area (Å²) in [6.07, 6.45) is 0.964. The Morgan fingerprint density at radius 2 is 1.63 bits per heavy atom. The van der Waals surface area contributed by atoms with Crippen molar-refractivity contribution in [2.75, 3.05) is 0 Å². The van der Waals surface area contributed by atoms with Crippen LogP contribution in [-0.4, -0.2) is 11.1 Å². The minimum Gasteiger partial charge on any atom is -0.481 e. The summed E-state index contributed by atoms with van der Waals surface area (Å²) in [7, 11) is 0. The number of carboxylic acids is 1. The predicted molar refractivity (Wildman–Crippen MR) is 76.4 cm³/mol. The van der Waals surface area contributed by atoms with Crippen molar-refractivity contribution in [2.24, 2.45) is 5.92 Å². The first-order chi connectivity index (χ1) is 9.16. The van der Waals surface area contributed by atoms with E-state index < -0.39 is 11.9 Å². The molecule has 0 aliphatic carbocycles. The van der Waals surface area contributed by atoms with Crippen LogP contribution in [0.4, 0.5) is 0 Å². The normalized spacial score (nSPS) is 12.1. The van der Waals surface area contributed by atoms with Gasteiger partial charge in [-0.1, -0.05) is 60.1 Å². The molecule has 1 atom stereocenters. The summed E-state index contributed by atoms with van der Waals surface area (Å²) in [6, 6.07) is 17.1. The lowest BCUT2D eigenvalue weighted by molar-refractivity contribution is -0.141.